The smallest absolute Gasteiger partial charge is 0.491 e. The van der Waals surface area contributed by atoms with Crippen LogP contribution in [0.4, 0.5) is 42.5 Å². The van der Waals surface area contributed by atoms with Crippen LogP contribution in [0.1, 0.15) is 12.0 Å². The highest BCUT2D eigenvalue weighted by Gasteiger charge is 2.34. The summed E-state index contributed by atoms with van der Waals surface area (Å²) in [4.78, 5) is 34.9. The van der Waals surface area contributed by atoms with Crippen LogP contribution in [0.15, 0.2) is 72.0 Å². The first-order valence-electron chi connectivity index (χ1n) is 13.4. The van der Waals surface area contributed by atoms with Crippen molar-refractivity contribution in [3.63, 3.8) is 0 Å². The van der Waals surface area contributed by atoms with E-state index < -0.39 is 43.3 Å². The molecule has 47 heavy (non-hydrogen) atoms. The summed E-state index contributed by atoms with van der Waals surface area (Å²) in [6.07, 6.45) is -9.08. The van der Waals surface area contributed by atoms with Crippen molar-refractivity contribution in [2.75, 3.05) is 22.6 Å². The molecule has 5 rings (SSSR count). The molecule has 1 saturated heterocycles. The average molecular weight is 699 g/mol. The molecule has 1 aliphatic rings. The number of carbonyl (C=O) groups excluding carboxylic acids is 2. The third-order valence-corrected chi connectivity index (χ3v) is 7.49. The second-order valence-corrected chi connectivity index (χ2v) is 11.1. The number of hydrogen-bond acceptors (Lipinski definition) is 7. The van der Waals surface area contributed by atoms with Crippen LogP contribution < -0.4 is 19.7 Å². The molecule has 1 aromatic heterocycles. The summed E-state index contributed by atoms with van der Waals surface area (Å²) in [5.41, 5.74) is 1.87. The van der Waals surface area contributed by atoms with Crippen molar-refractivity contribution in [3.8, 4) is 28.6 Å². The van der Waals surface area contributed by atoms with E-state index in [4.69, 9.17) is 16.3 Å². The van der Waals surface area contributed by atoms with Gasteiger partial charge < -0.3 is 14.8 Å². The number of benzene rings is 3. The van der Waals surface area contributed by atoms with E-state index in [0.29, 0.717) is 16.8 Å². The van der Waals surface area contributed by atoms with Crippen LogP contribution in [0.3, 0.4) is 0 Å². The first-order chi connectivity index (χ1) is 22.1. The van der Waals surface area contributed by atoms with Crippen molar-refractivity contribution in [3.05, 3.63) is 77.6 Å². The number of aliphatic imine (C=N–C) groups is 1. The SMILES string of the molecule is Cc1ccc(OCCC(F)(F)F)c(N2C(=O)CSC2=NC(=O)Nc2ccc(-n3cnc(-c4ccc(OC(F)(F)F)cc4)n3)cc2Cl)c1. The minimum atomic E-state index is -4.82. The molecule has 0 saturated carbocycles. The zero-order chi connectivity index (χ0) is 33.9. The van der Waals surface area contributed by atoms with Crippen LogP contribution in [0.5, 0.6) is 11.5 Å². The summed E-state index contributed by atoms with van der Waals surface area (Å²) in [6, 6.07) is 13.2. The molecule has 0 aliphatic carbocycles. The van der Waals surface area contributed by atoms with Crippen LogP contribution in [0.2, 0.25) is 5.02 Å². The maximum Gasteiger partial charge on any atom is 0.573 e. The number of rotatable bonds is 8. The van der Waals surface area contributed by atoms with Gasteiger partial charge in [0.15, 0.2) is 11.0 Å². The first-order valence-corrected chi connectivity index (χ1v) is 14.7. The molecule has 0 atom stereocenters. The van der Waals surface area contributed by atoms with Crippen LogP contribution in [0.25, 0.3) is 17.1 Å². The first kappa shape index (κ1) is 33.6. The number of ether oxygens (including phenoxy) is 2. The van der Waals surface area contributed by atoms with Gasteiger partial charge in [-0.1, -0.05) is 29.4 Å². The normalized spacial score (nSPS) is 14.5. The summed E-state index contributed by atoms with van der Waals surface area (Å²) in [7, 11) is 0. The van der Waals surface area contributed by atoms with E-state index in [1.165, 1.54) is 41.3 Å². The number of thioether (sulfide) groups is 1. The summed E-state index contributed by atoms with van der Waals surface area (Å²) in [6.45, 7) is 1.06. The number of urea groups is 1. The Morgan fingerprint density at radius 2 is 1.81 bits per heavy atom. The number of carbonyl (C=O) groups is 2. The Kier molecular flexibility index (Phi) is 9.67. The monoisotopic (exact) mass is 698 g/mol. The lowest BCUT2D eigenvalue weighted by Crippen LogP contribution is -2.31. The quantitative estimate of drug-likeness (QED) is 0.187. The van der Waals surface area contributed by atoms with Crippen LogP contribution >= 0.6 is 23.4 Å². The Labute approximate surface area is 271 Å². The lowest BCUT2D eigenvalue weighted by atomic mass is 10.2. The van der Waals surface area contributed by atoms with Crippen LogP contribution in [0, 0.1) is 6.92 Å². The highest BCUT2D eigenvalue weighted by molar-refractivity contribution is 8.15. The van der Waals surface area contributed by atoms with E-state index >= 15 is 0 Å². The molecule has 1 aliphatic heterocycles. The maximum atomic E-state index is 12.9. The fraction of sp³-hybridized carbons (Fsp3) is 0.207. The lowest BCUT2D eigenvalue weighted by Gasteiger charge is -2.21. The Morgan fingerprint density at radius 1 is 1.06 bits per heavy atom. The molecule has 246 valence electrons. The number of amidine groups is 1. The third kappa shape index (κ3) is 8.74. The van der Waals surface area contributed by atoms with Gasteiger partial charge >= 0.3 is 18.6 Å². The Bertz CT molecular complexity index is 1830. The summed E-state index contributed by atoms with van der Waals surface area (Å²) in [5, 5.41) is 6.92. The fourth-order valence-electron chi connectivity index (χ4n) is 4.19. The molecule has 2 heterocycles. The minimum absolute atomic E-state index is 0.0142. The van der Waals surface area contributed by atoms with E-state index in [-0.39, 0.29) is 38.9 Å². The summed E-state index contributed by atoms with van der Waals surface area (Å²) in [5.74, 6) is -0.680. The van der Waals surface area contributed by atoms with Crippen molar-refractivity contribution in [1.29, 1.82) is 0 Å². The highest BCUT2D eigenvalue weighted by atomic mass is 35.5. The number of aryl methyl sites for hydroxylation is 1. The van der Waals surface area contributed by atoms with Gasteiger partial charge in [0.1, 0.15) is 17.8 Å². The molecule has 1 N–H and O–H groups in total. The molecule has 4 aromatic rings. The molecule has 0 spiro atoms. The fourth-order valence-corrected chi connectivity index (χ4v) is 5.27. The van der Waals surface area contributed by atoms with Gasteiger partial charge in [0.2, 0.25) is 5.91 Å². The molecule has 18 heteroatoms. The predicted octanol–water partition coefficient (Wildman–Crippen LogP) is 7.79. The number of anilines is 2. The minimum Gasteiger partial charge on any atom is -0.491 e. The molecule has 10 nitrogen and oxygen atoms in total. The van der Waals surface area contributed by atoms with Gasteiger partial charge in [0, 0.05) is 5.56 Å². The second kappa shape index (κ2) is 13.5. The number of halogens is 7. The zero-order valence-corrected chi connectivity index (χ0v) is 25.5. The van der Waals surface area contributed by atoms with Gasteiger partial charge in [-0.15, -0.1) is 18.3 Å². The molecular weight excluding hydrogens is 678 g/mol. The molecule has 3 amide bonds. The average Bonchev–Trinajstić information content (AvgIpc) is 3.61. The highest BCUT2D eigenvalue weighted by Crippen LogP contribution is 2.36. The Morgan fingerprint density at radius 3 is 2.49 bits per heavy atom. The van der Waals surface area contributed by atoms with Crippen molar-refractivity contribution < 1.29 is 45.4 Å². The number of nitrogens with zero attached hydrogens (tertiary/aromatic N) is 5. The van der Waals surface area contributed by atoms with E-state index in [9.17, 15) is 35.9 Å². The van der Waals surface area contributed by atoms with Crippen molar-refractivity contribution in [1.82, 2.24) is 14.8 Å². The zero-order valence-electron chi connectivity index (χ0n) is 23.9. The molecule has 3 aromatic carbocycles. The molecule has 0 radical (unpaired) electrons. The van der Waals surface area contributed by atoms with Crippen LogP contribution in [-0.4, -0.2) is 56.8 Å². The molecule has 1 fully saturated rings. The maximum absolute atomic E-state index is 12.9. The van der Waals surface area contributed by atoms with Gasteiger partial charge in [-0.25, -0.2) is 14.5 Å². The topological polar surface area (TPSA) is 111 Å². The number of nitrogens with one attached hydrogen (secondary N) is 1. The van der Waals surface area contributed by atoms with E-state index in [0.717, 1.165) is 28.8 Å². The van der Waals surface area contributed by atoms with Crippen molar-refractivity contribution in [2.45, 2.75) is 25.9 Å². The number of hydrogen-bond donors (Lipinski definition) is 1. The van der Waals surface area contributed by atoms with Gasteiger partial charge in [-0.05, 0) is 67.1 Å². The van der Waals surface area contributed by atoms with E-state index in [2.05, 4.69) is 25.1 Å². The van der Waals surface area contributed by atoms with Crippen LogP contribution in [-0.2, 0) is 4.79 Å². The largest absolute Gasteiger partial charge is 0.573 e. The van der Waals surface area contributed by atoms with Crippen molar-refractivity contribution in [2.24, 2.45) is 4.99 Å². The van der Waals surface area contributed by atoms with Crippen molar-refractivity contribution >= 4 is 51.8 Å². The molecule has 0 bridgehead atoms. The van der Waals surface area contributed by atoms with Gasteiger partial charge in [0.05, 0.1) is 40.9 Å². The Balaban J connectivity index is 1.29. The standard InChI is InChI=1S/C29H21ClF6N6O4S/c1-16-2-9-23(45-11-10-28(31,32)33)22(12-16)42-24(43)14-47-27(42)39-26(44)38-21-8-5-18(13-20(21)30)41-15-37-25(40-41)17-3-6-19(7-4-17)46-29(34,35)36/h2-9,12-13,15H,10-11,14H2,1H3,(H,38,44). The number of amides is 3. The van der Waals surface area contributed by atoms with Gasteiger partial charge in [0.25, 0.3) is 0 Å². The van der Waals surface area contributed by atoms with E-state index in [1.807, 2.05) is 0 Å². The van der Waals surface area contributed by atoms with Gasteiger partial charge in [-0.3, -0.25) is 9.69 Å². The summed E-state index contributed by atoms with van der Waals surface area (Å²) >= 11 is 7.37. The summed E-state index contributed by atoms with van der Waals surface area (Å²) < 4.78 is 85.8. The number of alkyl halides is 6. The number of aromatic nitrogens is 3. The third-order valence-electron chi connectivity index (χ3n) is 6.26. The predicted molar refractivity (Wildman–Crippen MR) is 162 cm³/mol. The van der Waals surface area contributed by atoms with E-state index in [1.54, 1.807) is 25.1 Å². The molecular formula is C29H21ClF6N6O4S. The van der Waals surface area contributed by atoms with Gasteiger partial charge in [-0.2, -0.15) is 18.2 Å². The lowest BCUT2D eigenvalue weighted by molar-refractivity contribution is -0.274. The second-order valence-electron chi connectivity index (χ2n) is 9.78. The Hall–Kier alpha value is -4.77. The molecule has 0 unspecified atom stereocenters.